The number of hydrogen-bond acceptors (Lipinski definition) is 6. The molecule has 1 aromatic heterocycles. The van der Waals surface area contributed by atoms with Crippen molar-refractivity contribution in [3.63, 3.8) is 0 Å². The fourth-order valence-corrected chi connectivity index (χ4v) is 3.64. The molecule has 0 bridgehead atoms. The molecular formula is C20H22BrN7O. The van der Waals surface area contributed by atoms with Crippen molar-refractivity contribution in [3.8, 4) is 5.69 Å². The molecular weight excluding hydrogens is 434 g/mol. The average molecular weight is 456 g/mol. The van der Waals surface area contributed by atoms with Gasteiger partial charge in [0.05, 0.1) is 11.7 Å². The number of nitrogens with zero attached hydrogens (tertiary/aromatic N) is 6. The molecule has 0 spiro atoms. The smallest absolute Gasteiger partial charge is 0.250 e. The summed E-state index contributed by atoms with van der Waals surface area (Å²) in [6.07, 6.45) is 0. The molecule has 0 aliphatic carbocycles. The summed E-state index contributed by atoms with van der Waals surface area (Å²) >= 11 is 3.40. The van der Waals surface area contributed by atoms with Gasteiger partial charge in [-0.15, -0.1) is 0 Å². The zero-order valence-corrected chi connectivity index (χ0v) is 17.7. The Balaban J connectivity index is 1.37. The third-order valence-electron chi connectivity index (χ3n) is 5.09. The highest BCUT2D eigenvalue weighted by molar-refractivity contribution is 9.10. The Morgan fingerprint density at radius 2 is 1.72 bits per heavy atom. The number of rotatable bonds is 5. The maximum Gasteiger partial charge on any atom is 0.250 e. The van der Waals surface area contributed by atoms with Crippen molar-refractivity contribution in [2.75, 3.05) is 36.4 Å². The zero-order valence-electron chi connectivity index (χ0n) is 16.1. The number of tetrazole rings is 1. The summed E-state index contributed by atoms with van der Waals surface area (Å²) in [4.78, 5) is 17.0. The molecule has 3 aromatic rings. The average Bonchev–Trinajstić information content (AvgIpc) is 3.25. The minimum absolute atomic E-state index is 0.00473. The SMILES string of the molecule is CC(C(=O)Nc1ccc(Br)cc1)N1CCN(c2nnnn2-c2ccccc2)CC1. The van der Waals surface area contributed by atoms with Crippen molar-refractivity contribution >= 4 is 33.5 Å². The first-order chi connectivity index (χ1) is 14.1. The molecule has 1 fully saturated rings. The van der Waals surface area contributed by atoms with Gasteiger partial charge in [0, 0.05) is 36.3 Å². The number of halogens is 1. The predicted molar refractivity (Wildman–Crippen MR) is 115 cm³/mol. The molecule has 0 saturated carbocycles. The second-order valence-electron chi connectivity index (χ2n) is 6.92. The molecule has 150 valence electrons. The van der Waals surface area contributed by atoms with Crippen LogP contribution in [0, 0.1) is 0 Å². The Morgan fingerprint density at radius 3 is 2.41 bits per heavy atom. The van der Waals surface area contributed by atoms with Gasteiger partial charge in [0.25, 0.3) is 0 Å². The number of benzene rings is 2. The molecule has 29 heavy (non-hydrogen) atoms. The quantitative estimate of drug-likeness (QED) is 0.636. The van der Waals surface area contributed by atoms with Crippen LogP contribution < -0.4 is 10.2 Å². The Labute approximate surface area is 177 Å². The first kappa shape index (κ1) is 19.5. The minimum Gasteiger partial charge on any atom is -0.337 e. The molecule has 1 unspecified atom stereocenters. The Kier molecular flexibility index (Phi) is 5.86. The van der Waals surface area contributed by atoms with E-state index < -0.39 is 0 Å². The molecule has 2 aromatic carbocycles. The highest BCUT2D eigenvalue weighted by Gasteiger charge is 2.28. The summed E-state index contributed by atoms with van der Waals surface area (Å²) in [7, 11) is 0. The molecule has 9 heteroatoms. The van der Waals surface area contributed by atoms with E-state index in [1.54, 1.807) is 4.68 Å². The lowest BCUT2D eigenvalue weighted by Gasteiger charge is -2.37. The van der Waals surface area contributed by atoms with Crippen LogP contribution in [0.25, 0.3) is 5.69 Å². The van der Waals surface area contributed by atoms with Gasteiger partial charge in [-0.2, -0.15) is 4.68 Å². The van der Waals surface area contributed by atoms with E-state index in [-0.39, 0.29) is 11.9 Å². The fourth-order valence-electron chi connectivity index (χ4n) is 3.37. The molecule has 0 radical (unpaired) electrons. The number of amides is 1. The number of nitrogens with one attached hydrogen (secondary N) is 1. The number of carbonyl (C=O) groups is 1. The summed E-state index contributed by atoms with van der Waals surface area (Å²) in [5.41, 5.74) is 1.72. The van der Waals surface area contributed by atoms with Crippen molar-refractivity contribution in [1.82, 2.24) is 25.1 Å². The second kappa shape index (κ2) is 8.71. The van der Waals surface area contributed by atoms with E-state index in [1.807, 2.05) is 61.5 Å². The standard InChI is InChI=1S/C20H22BrN7O/c1-15(19(29)22-17-9-7-16(21)8-10-17)26-11-13-27(14-12-26)20-23-24-25-28(20)18-5-3-2-4-6-18/h2-10,15H,11-14H2,1H3,(H,22,29). The summed E-state index contributed by atoms with van der Waals surface area (Å²) in [5, 5.41) is 15.2. The predicted octanol–water partition coefficient (Wildman–Crippen LogP) is 2.57. The van der Waals surface area contributed by atoms with Gasteiger partial charge in [-0.1, -0.05) is 39.2 Å². The van der Waals surface area contributed by atoms with Crippen LogP contribution in [0.4, 0.5) is 11.6 Å². The number of piperazine rings is 1. The highest BCUT2D eigenvalue weighted by atomic mass is 79.9. The van der Waals surface area contributed by atoms with E-state index in [2.05, 4.69) is 46.6 Å². The number of aromatic nitrogens is 4. The van der Waals surface area contributed by atoms with Crippen LogP contribution in [0.5, 0.6) is 0 Å². The van der Waals surface area contributed by atoms with E-state index in [0.717, 1.165) is 48.0 Å². The highest BCUT2D eigenvalue weighted by Crippen LogP contribution is 2.19. The van der Waals surface area contributed by atoms with Crippen LogP contribution in [0.2, 0.25) is 0 Å². The maximum absolute atomic E-state index is 12.6. The molecule has 4 rings (SSSR count). The van der Waals surface area contributed by atoms with Crippen LogP contribution >= 0.6 is 15.9 Å². The van der Waals surface area contributed by atoms with Gasteiger partial charge in [0.2, 0.25) is 11.9 Å². The minimum atomic E-state index is -0.217. The van der Waals surface area contributed by atoms with Gasteiger partial charge in [0.1, 0.15) is 0 Å². The van der Waals surface area contributed by atoms with E-state index in [0.29, 0.717) is 0 Å². The van der Waals surface area contributed by atoms with Crippen LogP contribution in [-0.2, 0) is 4.79 Å². The third kappa shape index (κ3) is 4.46. The summed E-state index contributed by atoms with van der Waals surface area (Å²) < 4.78 is 2.73. The van der Waals surface area contributed by atoms with Crippen LogP contribution in [0.15, 0.2) is 59.1 Å². The Morgan fingerprint density at radius 1 is 1.03 bits per heavy atom. The number of hydrogen-bond donors (Lipinski definition) is 1. The van der Waals surface area contributed by atoms with Gasteiger partial charge >= 0.3 is 0 Å². The van der Waals surface area contributed by atoms with E-state index >= 15 is 0 Å². The zero-order chi connectivity index (χ0) is 20.2. The molecule has 1 amide bonds. The molecule has 8 nitrogen and oxygen atoms in total. The van der Waals surface area contributed by atoms with Crippen LogP contribution in [0.1, 0.15) is 6.92 Å². The summed E-state index contributed by atoms with van der Waals surface area (Å²) in [6, 6.07) is 17.2. The van der Waals surface area contributed by atoms with E-state index in [4.69, 9.17) is 0 Å². The summed E-state index contributed by atoms with van der Waals surface area (Å²) in [6.45, 7) is 4.97. The first-order valence-corrected chi connectivity index (χ1v) is 10.3. The maximum atomic E-state index is 12.6. The van der Waals surface area contributed by atoms with Crippen molar-refractivity contribution in [2.45, 2.75) is 13.0 Å². The van der Waals surface area contributed by atoms with Gasteiger partial charge < -0.3 is 10.2 Å². The largest absolute Gasteiger partial charge is 0.337 e. The van der Waals surface area contributed by atoms with Crippen molar-refractivity contribution in [1.29, 1.82) is 0 Å². The lowest BCUT2D eigenvalue weighted by molar-refractivity contribution is -0.120. The van der Waals surface area contributed by atoms with Gasteiger partial charge in [-0.25, -0.2) is 0 Å². The normalized spacial score (nSPS) is 15.9. The Hall–Kier alpha value is -2.78. The van der Waals surface area contributed by atoms with Gasteiger partial charge in [-0.05, 0) is 53.7 Å². The lowest BCUT2D eigenvalue weighted by Crippen LogP contribution is -2.53. The monoisotopic (exact) mass is 455 g/mol. The number of carbonyl (C=O) groups excluding carboxylic acids is 1. The van der Waals surface area contributed by atoms with Crippen molar-refractivity contribution in [2.24, 2.45) is 0 Å². The Bertz CT molecular complexity index is 952. The molecule has 1 aliphatic rings. The fraction of sp³-hybridized carbons (Fsp3) is 0.300. The van der Waals surface area contributed by atoms with Gasteiger partial charge in [0.15, 0.2) is 0 Å². The molecule has 1 atom stereocenters. The van der Waals surface area contributed by atoms with Crippen molar-refractivity contribution in [3.05, 3.63) is 59.1 Å². The molecule has 1 saturated heterocycles. The van der Waals surface area contributed by atoms with E-state index in [1.165, 1.54) is 0 Å². The lowest BCUT2D eigenvalue weighted by atomic mass is 10.2. The molecule has 1 aliphatic heterocycles. The third-order valence-corrected chi connectivity index (χ3v) is 5.62. The summed E-state index contributed by atoms with van der Waals surface area (Å²) in [5.74, 6) is 0.720. The van der Waals surface area contributed by atoms with Crippen LogP contribution in [-0.4, -0.2) is 63.2 Å². The molecule has 1 N–H and O–H groups in total. The topological polar surface area (TPSA) is 79.2 Å². The first-order valence-electron chi connectivity index (χ1n) is 9.51. The van der Waals surface area contributed by atoms with Gasteiger partial charge in [-0.3, -0.25) is 9.69 Å². The second-order valence-corrected chi connectivity index (χ2v) is 7.84. The van der Waals surface area contributed by atoms with Crippen molar-refractivity contribution < 1.29 is 4.79 Å². The number of anilines is 2. The van der Waals surface area contributed by atoms with Crippen LogP contribution in [0.3, 0.4) is 0 Å². The van der Waals surface area contributed by atoms with E-state index in [9.17, 15) is 4.79 Å². The number of para-hydroxylation sites is 1. The molecule has 2 heterocycles.